The molecule has 0 aliphatic carbocycles. The summed E-state index contributed by atoms with van der Waals surface area (Å²) >= 11 is 0. The first-order chi connectivity index (χ1) is 4.39. The molecule has 1 aliphatic rings. The zero-order valence-corrected chi connectivity index (χ0v) is 5.21. The fourth-order valence-electron chi connectivity index (χ4n) is 0.398. The van der Waals surface area contributed by atoms with Crippen molar-refractivity contribution in [2.75, 3.05) is 0 Å². The maximum absolute atomic E-state index is 10.3. The quantitative estimate of drug-likeness (QED) is 0.447. The highest BCUT2D eigenvalue weighted by molar-refractivity contribution is 6.00. The summed E-state index contributed by atoms with van der Waals surface area (Å²) in [5.41, 5.74) is 0. The maximum Gasteiger partial charge on any atom is 0.162 e. The molecule has 0 aromatic heterocycles. The molecule has 9 heavy (non-hydrogen) atoms. The zero-order chi connectivity index (χ0) is 7.11. The van der Waals surface area contributed by atoms with Crippen LogP contribution in [0.3, 0.4) is 0 Å². The van der Waals surface area contributed by atoms with Crippen molar-refractivity contribution in [3.8, 4) is 0 Å². The second-order valence-electron chi connectivity index (χ2n) is 1.32. The van der Waals surface area contributed by atoms with E-state index in [4.69, 9.17) is 0 Å². The first-order valence-corrected chi connectivity index (χ1v) is 2.60. The van der Waals surface area contributed by atoms with Gasteiger partial charge in [0.1, 0.15) is 0 Å². The fraction of sp³-hybridized carbons (Fsp3) is 0.143. The molecule has 0 aromatic rings. The van der Waals surface area contributed by atoms with Crippen LogP contribution in [0, 0.1) is 0 Å². The zero-order valence-electron chi connectivity index (χ0n) is 5.21. The monoisotopic (exact) mass is 123 g/mol. The third-order valence-corrected chi connectivity index (χ3v) is 0.744. The second kappa shape index (κ2) is 4.97. The average molecular weight is 123 g/mol. The van der Waals surface area contributed by atoms with Crippen molar-refractivity contribution in [3.63, 3.8) is 0 Å². The minimum Gasteiger partial charge on any atom is -0.294 e. The van der Waals surface area contributed by atoms with Crippen molar-refractivity contribution >= 4 is 12.0 Å². The van der Waals surface area contributed by atoms with Gasteiger partial charge in [0.25, 0.3) is 0 Å². The number of allylic oxidation sites excluding steroid dienone is 1. The van der Waals surface area contributed by atoms with Gasteiger partial charge in [0, 0.05) is 18.8 Å². The minimum absolute atomic E-state index is 0.134. The van der Waals surface area contributed by atoms with Crippen LogP contribution in [-0.4, -0.2) is 12.0 Å². The molecule has 0 N–H and O–H groups in total. The van der Waals surface area contributed by atoms with Crippen LogP contribution in [0.25, 0.3) is 0 Å². The lowest BCUT2D eigenvalue weighted by Gasteiger charge is -1.88. The molecule has 0 atom stereocenters. The van der Waals surface area contributed by atoms with Gasteiger partial charge in [0.2, 0.25) is 0 Å². The first-order valence-electron chi connectivity index (χ1n) is 2.60. The number of ketones is 1. The second-order valence-corrected chi connectivity index (χ2v) is 1.32. The van der Waals surface area contributed by atoms with Gasteiger partial charge in [-0.2, -0.15) is 0 Å². The molecule has 0 aromatic carbocycles. The number of hydrogen-bond donors (Lipinski definition) is 0. The Labute approximate surface area is 54.6 Å². The number of nitrogens with zero attached hydrogens (tertiary/aromatic N) is 1. The molecular weight excluding hydrogens is 114 g/mol. The molecule has 0 fully saturated rings. The van der Waals surface area contributed by atoms with Gasteiger partial charge in [0.15, 0.2) is 5.78 Å². The van der Waals surface area contributed by atoms with Gasteiger partial charge in [-0.1, -0.05) is 0 Å². The molecule has 48 valence electrons. The van der Waals surface area contributed by atoms with Crippen molar-refractivity contribution in [1.82, 2.24) is 0 Å². The lowest BCUT2D eigenvalue weighted by atomic mass is 10.3. The van der Waals surface area contributed by atoms with E-state index in [1.807, 2.05) is 0 Å². The van der Waals surface area contributed by atoms with E-state index in [-0.39, 0.29) is 5.78 Å². The van der Waals surface area contributed by atoms with Crippen LogP contribution in [0.5, 0.6) is 0 Å². The summed E-state index contributed by atoms with van der Waals surface area (Å²) in [4.78, 5) is 14.0. The molecular formula is C7H9NO. The lowest BCUT2D eigenvalue weighted by Crippen LogP contribution is -1.95. The van der Waals surface area contributed by atoms with Crippen LogP contribution in [0.2, 0.25) is 0 Å². The molecule has 0 amide bonds. The molecule has 0 unspecified atom stereocenters. The highest BCUT2D eigenvalue weighted by Crippen LogP contribution is 1.88. The van der Waals surface area contributed by atoms with Crippen molar-refractivity contribution in [1.29, 1.82) is 0 Å². The molecule has 0 spiro atoms. The number of hydrogen-bond acceptors (Lipinski definition) is 2. The predicted molar refractivity (Wildman–Crippen MR) is 38.5 cm³/mol. The molecule has 2 nitrogen and oxygen atoms in total. The van der Waals surface area contributed by atoms with E-state index >= 15 is 0 Å². The summed E-state index contributed by atoms with van der Waals surface area (Å²) in [6.07, 6.45) is 5.05. The van der Waals surface area contributed by atoms with Crippen LogP contribution in [0.15, 0.2) is 30.4 Å². The summed E-state index contributed by atoms with van der Waals surface area (Å²) in [6, 6.07) is 0. The minimum atomic E-state index is 0.134. The Balaban J connectivity index is 0.000000291. The third kappa shape index (κ3) is 3.41. The standard InChI is InChI=1S/C5H5NO.C2H4/c7-5-1-3-6-4-2-5;1-2/h1,3-4H,2H2;1-2H2. The normalized spacial score (nSPS) is 14.4. The van der Waals surface area contributed by atoms with Gasteiger partial charge in [-0.05, 0) is 6.08 Å². The van der Waals surface area contributed by atoms with E-state index in [2.05, 4.69) is 18.2 Å². The maximum atomic E-state index is 10.3. The fourth-order valence-corrected chi connectivity index (χ4v) is 0.398. The number of rotatable bonds is 0. The van der Waals surface area contributed by atoms with Crippen LogP contribution >= 0.6 is 0 Å². The Kier molecular flexibility index (Phi) is 4.32. The summed E-state index contributed by atoms with van der Waals surface area (Å²) in [7, 11) is 0. The van der Waals surface area contributed by atoms with Crippen molar-refractivity contribution in [2.24, 2.45) is 4.99 Å². The van der Waals surface area contributed by atoms with Crippen molar-refractivity contribution < 1.29 is 4.79 Å². The number of aliphatic imine (C=N–C) groups is 1. The molecule has 1 heterocycles. The van der Waals surface area contributed by atoms with Crippen molar-refractivity contribution in [2.45, 2.75) is 6.42 Å². The molecule has 0 saturated carbocycles. The average Bonchev–Trinajstić information content (AvgIpc) is 1.94. The van der Waals surface area contributed by atoms with Crippen LogP contribution in [0.1, 0.15) is 6.42 Å². The molecule has 2 heteroatoms. The Morgan fingerprint density at radius 2 is 2.22 bits per heavy atom. The molecule has 1 rings (SSSR count). The van der Waals surface area contributed by atoms with Gasteiger partial charge in [-0.25, -0.2) is 0 Å². The molecule has 0 bridgehead atoms. The number of carbonyl (C=O) groups excluding carboxylic acids is 1. The van der Waals surface area contributed by atoms with E-state index in [0.29, 0.717) is 6.42 Å². The van der Waals surface area contributed by atoms with E-state index in [1.54, 1.807) is 6.21 Å². The summed E-state index contributed by atoms with van der Waals surface area (Å²) in [5.74, 6) is 0.134. The Morgan fingerprint density at radius 1 is 1.56 bits per heavy atom. The summed E-state index contributed by atoms with van der Waals surface area (Å²) in [6.45, 7) is 6.00. The summed E-state index contributed by atoms with van der Waals surface area (Å²) in [5, 5.41) is 0. The summed E-state index contributed by atoms with van der Waals surface area (Å²) < 4.78 is 0. The van der Waals surface area contributed by atoms with Crippen LogP contribution in [0.4, 0.5) is 0 Å². The third-order valence-electron chi connectivity index (χ3n) is 0.744. The molecule has 0 radical (unpaired) electrons. The van der Waals surface area contributed by atoms with Crippen molar-refractivity contribution in [3.05, 3.63) is 25.4 Å². The Morgan fingerprint density at radius 3 is 2.44 bits per heavy atom. The Hall–Kier alpha value is -1.18. The topological polar surface area (TPSA) is 29.4 Å². The van der Waals surface area contributed by atoms with Gasteiger partial charge >= 0.3 is 0 Å². The van der Waals surface area contributed by atoms with Crippen LogP contribution < -0.4 is 0 Å². The first kappa shape index (κ1) is 7.82. The largest absolute Gasteiger partial charge is 0.294 e. The lowest BCUT2D eigenvalue weighted by molar-refractivity contribution is -0.113. The smallest absolute Gasteiger partial charge is 0.162 e. The molecule has 1 aliphatic heterocycles. The Bertz CT molecular complexity index is 147. The highest BCUT2D eigenvalue weighted by atomic mass is 16.1. The van der Waals surface area contributed by atoms with Gasteiger partial charge < -0.3 is 0 Å². The SMILES string of the molecule is C=C.O=C1C=CN=CC1. The van der Waals surface area contributed by atoms with Gasteiger partial charge in [-0.3, -0.25) is 9.79 Å². The van der Waals surface area contributed by atoms with E-state index in [1.165, 1.54) is 12.3 Å². The predicted octanol–water partition coefficient (Wildman–Crippen LogP) is 1.35. The molecule has 0 saturated heterocycles. The highest BCUT2D eigenvalue weighted by Gasteiger charge is 1.93. The van der Waals surface area contributed by atoms with E-state index in [0.717, 1.165) is 0 Å². The van der Waals surface area contributed by atoms with Gasteiger partial charge in [0.05, 0.1) is 0 Å². The van der Waals surface area contributed by atoms with Crippen LogP contribution in [-0.2, 0) is 4.79 Å². The van der Waals surface area contributed by atoms with Gasteiger partial charge in [-0.15, -0.1) is 13.2 Å². The van der Waals surface area contributed by atoms with E-state index < -0.39 is 0 Å². The number of carbonyl (C=O) groups is 1. The van der Waals surface area contributed by atoms with E-state index in [9.17, 15) is 4.79 Å².